The minimum Gasteiger partial charge on any atom is -0.369 e. The number of likely N-dealkylation sites (N-methyl/N-ethyl adjacent to an activating group) is 1. The van der Waals surface area contributed by atoms with E-state index in [0.717, 1.165) is 27.7 Å². The first-order valence-corrected chi connectivity index (χ1v) is 13.8. The Morgan fingerprint density at radius 1 is 1.07 bits per heavy atom. The number of nitrogens with one attached hydrogen (secondary N) is 4. The molecular formula is C32H32ClN7O2. The molecule has 0 spiro atoms. The first-order valence-electron chi connectivity index (χ1n) is 13.4. The molecule has 1 atom stereocenters. The maximum Gasteiger partial charge on any atom is 0.243 e. The molecule has 0 fully saturated rings. The van der Waals surface area contributed by atoms with Crippen molar-refractivity contribution in [2.75, 3.05) is 31.3 Å². The Morgan fingerprint density at radius 2 is 1.86 bits per heavy atom. The second-order valence-electron chi connectivity index (χ2n) is 10.0. The van der Waals surface area contributed by atoms with Gasteiger partial charge >= 0.3 is 0 Å². The van der Waals surface area contributed by atoms with E-state index in [9.17, 15) is 9.90 Å². The van der Waals surface area contributed by atoms with E-state index in [1.165, 1.54) is 6.08 Å². The van der Waals surface area contributed by atoms with E-state index in [0.29, 0.717) is 41.0 Å². The summed E-state index contributed by atoms with van der Waals surface area (Å²) in [5.74, 6) is 0.252. The molecule has 2 heterocycles. The minimum absolute atomic E-state index is 0.144. The van der Waals surface area contributed by atoms with Crippen molar-refractivity contribution < 1.29 is 9.90 Å². The highest BCUT2D eigenvalue weighted by molar-refractivity contribution is 6.33. The highest BCUT2D eigenvalue weighted by atomic mass is 35.5. The summed E-state index contributed by atoms with van der Waals surface area (Å²) in [6.45, 7) is 1.10. The number of benzene rings is 3. The fourth-order valence-corrected chi connectivity index (χ4v) is 4.57. The van der Waals surface area contributed by atoms with Crippen LogP contribution in [-0.4, -0.2) is 51.5 Å². The molecule has 10 heteroatoms. The number of fused-ring (bicyclic) bond motifs is 1. The number of aliphatic hydroxyl groups excluding tert-OH is 1. The second-order valence-corrected chi connectivity index (χ2v) is 10.4. The molecule has 5 rings (SSSR count). The lowest BCUT2D eigenvalue weighted by Gasteiger charge is -2.16. The lowest BCUT2D eigenvalue weighted by atomic mass is 10.1. The molecule has 9 nitrogen and oxygen atoms in total. The summed E-state index contributed by atoms with van der Waals surface area (Å²) < 4.78 is 0. The van der Waals surface area contributed by atoms with Gasteiger partial charge in [-0.05, 0) is 43.9 Å². The molecule has 1 unspecified atom stereocenters. The maximum absolute atomic E-state index is 12.0. The number of aromatic nitrogens is 3. The van der Waals surface area contributed by atoms with E-state index in [-0.39, 0.29) is 5.91 Å². The second kappa shape index (κ2) is 13.3. The molecule has 0 saturated carbocycles. The molecule has 0 bridgehead atoms. The predicted octanol–water partition coefficient (Wildman–Crippen LogP) is 5.86. The van der Waals surface area contributed by atoms with Crippen LogP contribution in [0.15, 0.2) is 97.3 Å². The number of hydrogen-bond donors (Lipinski definition) is 5. The third-order valence-corrected chi connectivity index (χ3v) is 6.79. The fraction of sp³-hybridized carbons (Fsp3) is 0.156. The third-order valence-electron chi connectivity index (χ3n) is 6.51. The van der Waals surface area contributed by atoms with Gasteiger partial charge in [0.05, 0.1) is 16.9 Å². The fourth-order valence-electron chi connectivity index (χ4n) is 4.38. The lowest BCUT2D eigenvalue weighted by Crippen LogP contribution is -2.21. The van der Waals surface area contributed by atoms with Crippen LogP contribution in [0.4, 0.5) is 17.3 Å². The van der Waals surface area contributed by atoms with E-state index in [1.807, 2.05) is 104 Å². The van der Waals surface area contributed by atoms with Crippen LogP contribution in [0.3, 0.4) is 0 Å². The van der Waals surface area contributed by atoms with Crippen molar-refractivity contribution in [1.82, 2.24) is 25.2 Å². The van der Waals surface area contributed by atoms with E-state index in [4.69, 9.17) is 11.6 Å². The number of aliphatic hydroxyl groups is 1. The molecule has 3 aromatic carbocycles. The molecule has 2 aromatic heterocycles. The van der Waals surface area contributed by atoms with E-state index in [2.05, 4.69) is 30.9 Å². The molecule has 5 N–H and O–H groups in total. The Morgan fingerprint density at radius 3 is 2.67 bits per heavy atom. The molecule has 0 saturated heterocycles. The van der Waals surface area contributed by atoms with Crippen LogP contribution in [0.25, 0.3) is 22.2 Å². The molecule has 42 heavy (non-hydrogen) atoms. The SMILES string of the molecule is CN(C)C/C=C/C(=O)NCc1ccc(C(O)Nc2cccc(Nc3ncc(Cl)c(-c4c[nH]c5ccccc45)n3)c2)cc1. The zero-order valence-corrected chi connectivity index (χ0v) is 24.1. The summed E-state index contributed by atoms with van der Waals surface area (Å²) >= 11 is 6.47. The average molecular weight is 582 g/mol. The van der Waals surface area contributed by atoms with Crippen LogP contribution in [0, 0.1) is 0 Å². The molecular weight excluding hydrogens is 550 g/mol. The zero-order valence-electron chi connectivity index (χ0n) is 23.3. The summed E-state index contributed by atoms with van der Waals surface area (Å²) in [6.07, 6.45) is 5.89. The highest BCUT2D eigenvalue weighted by Gasteiger charge is 2.13. The van der Waals surface area contributed by atoms with Gasteiger partial charge in [0, 0.05) is 58.8 Å². The van der Waals surface area contributed by atoms with Crippen molar-refractivity contribution in [3.8, 4) is 11.3 Å². The van der Waals surface area contributed by atoms with Crippen LogP contribution in [-0.2, 0) is 11.3 Å². The summed E-state index contributed by atoms with van der Waals surface area (Å²) in [5.41, 5.74) is 5.59. The van der Waals surface area contributed by atoms with Crippen LogP contribution < -0.4 is 16.0 Å². The van der Waals surface area contributed by atoms with Gasteiger partial charge in [-0.2, -0.15) is 0 Å². The van der Waals surface area contributed by atoms with Crippen LogP contribution in [0.5, 0.6) is 0 Å². The minimum atomic E-state index is -0.932. The molecule has 1 amide bonds. The summed E-state index contributed by atoms with van der Waals surface area (Å²) in [4.78, 5) is 26.2. The van der Waals surface area contributed by atoms with Gasteiger partial charge in [-0.1, -0.05) is 66.2 Å². The maximum atomic E-state index is 12.0. The number of carbonyl (C=O) groups excluding carboxylic acids is 1. The number of nitrogens with zero attached hydrogens (tertiary/aromatic N) is 3. The monoisotopic (exact) mass is 581 g/mol. The standard InChI is InChI=1S/C32H32ClN7O2/c1-40(2)16-6-11-29(41)35-18-21-12-14-22(15-13-21)31(42)37-23-7-5-8-24(17-23)38-32-36-20-27(33)30(39-32)26-19-34-28-10-4-3-9-25(26)28/h3-15,17,19-20,31,34,37,42H,16,18H2,1-2H3,(H,35,41)(H,36,38,39)/b11-6+. The number of H-pyrrole nitrogens is 1. The van der Waals surface area contributed by atoms with Gasteiger partial charge in [0.15, 0.2) is 6.23 Å². The number of anilines is 3. The molecule has 5 aromatic rings. The molecule has 0 aliphatic rings. The Labute approximate surface area is 249 Å². The van der Waals surface area contributed by atoms with Gasteiger partial charge in [-0.3, -0.25) is 4.79 Å². The number of rotatable bonds is 11. The number of amides is 1. The quantitative estimate of drug-likeness (QED) is 0.0979. The van der Waals surface area contributed by atoms with E-state index < -0.39 is 6.23 Å². The van der Waals surface area contributed by atoms with Crippen LogP contribution in [0.2, 0.25) is 5.02 Å². The van der Waals surface area contributed by atoms with Crippen molar-refractivity contribution in [3.63, 3.8) is 0 Å². The molecule has 0 aliphatic heterocycles. The van der Waals surface area contributed by atoms with Gasteiger partial charge < -0.3 is 30.9 Å². The topological polar surface area (TPSA) is 118 Å². The van der Waals surface area contributed by atoms with Crippen molar-refractivity contribution in [2.45, 2.75) is 12.8 Å². The Bertz CT molecular complexity index is 1700. The Kier molecular flexibility index (Phi) is 9.13. The summed E-state index contributed by atoms with van der Waals surface area (Å²) in [5, 5.41) is 21.5. The van der Waals surface area contributed by atoms with Gasteiger partial charge in [0.2, 0.25) is 11.9 Å². The average Bonchev–Trinajstić information content (AvgIpc) is 3.41. The van der Waals surface area contributed by atoms with Gasteiger partial charge in [-0.25, -0.2) is 9.97 Å². The van der Waals surface area contributed by atoms with Gasteiger partial charge in [0.25, 0.3) is 0 Å². The summed E-state index contributed by atoms with van der Waals surface area (Å²) in [6, 6.07) is 22.9. The number of halogens is 1. The largest absolute Gasteiger partial charge is 0.369 e. The van der Waals surface area contributed by atoms with E-state index in [1.54, 1.807) is 6.20 Å². The first kappa shape index (κ1) is 28.8. The smallest absolute Gasteiger partial charge is 0.243 e. The molecule has 0 aliphatic carbocycles. The van der Waals surface area contributed by atoms with E-state index >= 15 is 0 Å². The van der Waals surface area contributed by atoms with Crippen molar-refractivity contribution >= 4 is 45.7 Å². The van der Waals surface area contributed by atoms with Crippen LogP contribution >= 0.6 is 11.6 Å². The van der Waals surface area contributed by atoms with Crippen molar-refractivity contribution in [3.05, 3.63) is 113 Å². The number of para-hydroxylation sites is 1. The van der Waals surface area contributed by atoms with Crippen molar-refractivity contribution in [2.24, 2.45) is 0 Å². The zero-order chi connectivity index (χ0) is 29.5. The number of aromatic amines is 1. The van der Waals surface area contributed by atoms with Gasteiger partial charge in [-0.15, -0.1) is 0 Å². The molecule has 214 valence electrons. The Balaban J connectivity index is 1.21. The lowest BCUT2D eigenvalue weighted by molar-refractivity contribution is -0.116. The normalized spacial score (nSPS) is 12.1. The van der Waals surface area contributed by atoms with Crippen LogP contribution in [0.1, 0.15) is 17.4 Å². The molecule has 0 radical (unpaired) electrons. The predicted molar refractivity (Wildman–Crippen MR) is 169 cm³/mol. The van der Waals surface area contributed by atoms with Gasteiger partial charge in [0.1, 0.15) is 0 Å². The summed E-state index contributed by atoms with van der Waals surface area (Å²) in [7, 11) is 3.89. The number of hydrogen-bond acceptors (Lipinski definition) is 7. The Hall–Kier alpha value is -4.70. The van der Waals surface area contributed by atoms with Crippen molar-refractivity contribution in [1.29, 1.82) is 0 Å². The number of carbonyl (C=O) groups is 1. The highest BCUT2D eigenvalue weighted by Crippen LogP contribution is 2.33. The first-order chi connectivity index (χ1) is 20.4. The third kappa shape index (κ3) is 7.32.